The van der Waals surface area contributed by atoms with Crippen LogP contribution in [0.4, 0.5) is 10.1 Å². The summed E-state index contributed by atoms with van der Waals surface area (Å²) in [6, 6.07) is 14.7. The van der Waals surface area contributed by atoms with Gasteiger partial charge in [0, 0.05) is 23.2 Å². The summed E-state index contributed by atoms with van der Waals surface area (Å²) < 4.78 is 13.3. The lowest BCUT2D eigenvalue weighted by molar-refractivity contribution is -0.121. The number of aromatic nitrogens is 1. The molecule has 29 heavy (non-hydrogen) atoms. The zero-order valence-corrected chi connectivity index (χ0v) is 17.1. The Hall–Kier alpha value is -2.46. The van der Waals surface area contributed by atoms with Crippen molar-refractivity contribution < 1.29 is 9.18 Å². The first-order chi connectivity index (χ1) is 14.0. The van der Waals surface area contributed by atoms with Gasteiger partial charge in [-0.3, -0.25) is 9.78 Å². The first-order valence-corrected chi connectivity index (χ1v) is 10.5. The highest BCUT2D eigenvalue weighted by atomic mass is 35.5. The summed E-state index contributed by atoms with van der Waals surface area (Å²) in [4.78, 5) is 17.1. The molecule has 1 aromatic heterocycles. The molecule has 0 saturated heterocycles. The lowest BCUT2D eigenvalue weighted by Gasteiger charge is -2.32. The second-order valence-electron chi connectivity index (χ2n) is 7.94. The Labute approximate surface area is 175 Å². The number of carbonyl (C=O) groups excluding carboxylic acids is 1. The van der Waals surface area contributed by atoms with Gasteiger partial charge in [0.15, 0.2) is 0 Å². The highest BCUT2D eigenvalue weighted by Crippen LogP contribution is 2.40. The zero-order chi connectivity index (χ0) is 20.4. The van der Waals surface area contributed by atoms with Gasteiger partial charge in [0.2, 0.25) is 5.91 Å². The van der Waals surface area contributed by atoms with Crippen LogP contribution in [0.5, 0.6) is 0 Å². The van der Waals surface area contributed by atoms with Crippen molar-refractivity contribution in [3.05, 3.63) is 71.1 Å². The molecule has 1 heterocycles. The number of anilines is 1. The Morgan fingerprint density at radius 3 is 2.66 bits per heavy atom. The van der Waals surface area contributed by atoms with E-state index in [1.807, 2.05) is 19.2 Å². The molecule has 4 rings (SSSR count). The summed E-state index contributed by atoms with van der Waals surface area (Å²) in [6.45, 7) is 1.98. The zero-order valence-electron chi connectivity index (χ0n) is 16.4. The number of fused-ring (bicyclic) bond motifs is 1. The molecule has 1 N–H and O–H groups in total. The van der Waals surface area contributed by atoms with E-state index in [-0.39, 0.29) is 16.8 Å². The highest BCUT2D eigenvalue weighted by Gasteiger charge is 2.30. The van der Waals surface area contributed by atoms with Crippen molar-refractivity contribution >= 4 is 34.1 Å². The second kappa shape index (κ2) is 8.50. The molecule has 1 saturated carbocycles. The van der Waals surface area contributed by atoms with Gasteiger partial charge in [-0.1, -0.05) is 36.7 Å². The number of hydrogen-bond acceptors (Lipinski definition) is 2. The van der Waals surface area contributed by atoms with E-state index in [9.17, 15) is 9.18 Å². The molecule has 1 aliphatic rings. The van der Waals surface area contributed by atoms with E-state index >= 15 is 0 Å². The SMILES string of the molecule is C[C@@H](C(=O)Nc1ccc(F)c(Cl)c1)C1CCC(c2ccnc3ccccc23)CC1. The van der Waals surface area contributed by atoms with Gasteiger partial charge in [-0.15, -0.1) is 0 Å². The minimum Gasteiger partial charge on any atom is -0.326 e. The molecule has 1 amide bonds. The number of hydrogen-bond donors (Lipinski definition) is 1. The molecule has 0 radical (unpaired) electrons. The van der Waals surface area contributed by atoms with Crippen molar-refractivity contribution in [2.75, 3.05) is 5.32 Å². The summed E-state index contributed by atoms with van der Waals surface area (Å²) in [5, 5.41) is 4.12. The van der Waals surface area contributed by atoms with Gasteiger partial charge in [-0.25, -0.2) is 4.39 Å². The van der Waals surface area contributed by atoms with Gasteiger partial charge < -0.3 is 5.32 Å². The van der Waals surface area contributed by atoms with Crippen molar-refractivity contribution in [3.63, 3.8) is 0 Å². The van der Waals surface area contributed by atoms with Gasteiger partial charge in [-0.2, -0.15) is 0 Å². The van der Waals surface area contributed by atoms with E-state index in [2.05, 4.69) is 34.6 Å². The van der Waals surface area contributed by atoms with Gasteiger partial charge in [-0.05, 0) is 73.4 Å². The van der Waals surface area contributed by atoms with Crippen LogP contribution in [-0.2, 0) is 4.79 Å². The maximum Gasteiger partial charge on any atom is 0.227 e. The van der Waals surface area contributed by atoms with Crippen molar-refractivity contribution in [2.24, 2.45) is 11.8 Å². The fourth-order valence-corrected chi connectivity index (χ4v) is 4.63. The maximum absolute atomic E-state index is 13.3. The number of rotatable bonds is 4. The van der Waals surface area contributed by atoms with E-state index in [1.54, 1.807) is 0 Å². The van der Waals surface area contributed by atoms with Crippen LogP contribution in [0.25, 0.3) is 10.9 Å². The highest BCUT2D eigenvalue weighted by molar-refractivity contribution is 6.31. The second-order valence-corrected chi connectivity index (χ2v) is 8.34. The van der Waals surface area contributed by atoms with Crippen LogP contribution in [0.3, 0.4) is 0 Å². The molecule has 1 atom stereocenters. The largest absolute Gasteiger partial charge is 0.326 e. The first kappa shape index (κ1) is 19.8. The van der Waals surface area contributed by atoms with Crippen LogP contribution < -0.4 is 5.32 Å². The molecule has 0 bridgehead atoms. The fraction of sp³-hybridized carbons (Fsp3) is 0.333. The lowest BCUT2D eigenvalue weighted by Crippen LogP contribution is -2.29. The predicted octanol–water partition coefficient (Wildman–Crippen LogP) is 6.58. The van der Waals surface area contributed by atoms with Gasteiger partial charge in [0.1, 0.15) is 5.82 Å². The standard InChI is InChI=1S/C24H24ClFN2O/c1-15(24(29)28-18-10-11-22(26)21(25)14-18)16-6-8-17(9-7-16)19-12-13-27-23-5-3-2-4-20(19)23/h2-5,10-17H,6-9H2,1H3,(H,28,29)/t15-,16?,17?/m1/s1. The average Bonchev–Trinajstić information content (AvgIpc) is 2.75. The van der Waals surface area contributed by atoms with E-state index in [0.717, 1.165) is 31.2 Å². The third kappa shape index (κ3) is 4.27. The Kier molecular flexibility index (Phi) is 5.81. The van der Waals surface area contributed by atoms with E-state index in [4.69, 9.17) is 11.6 Å². The van der Waals surface area contributed by atoms with Crippen LogP contribution in [0.1, 0.15) is 44.1 Å². The lowest BCUT2D eigenvalue weighted by atomic mass is 9.73. The van der Waals surface area contributed by atoms with Crippen LogP contribution >= 0.6 is 11.6 Å². The summed E-state index contributed by atoms with van der Waals surface area (Å²) >= 11 is 5.81. The van der Waals surface area contributed by atoms with Crippen LogP contribution in [-0.4, -0.2) is 10.9 Å². The average molecular weight is 411 g/mol. The summed E-state index contributed by atoms with van der Waals surface area (Å²) in [5.74, 6) is 0.222. The van der Waals surface area contributed by atoms with E-state index < -0.39 is 5.82 Å². The molecule has 1 fully saturated rings. The van der Waals surface area contributed by atoms with E-state index in [1.165, 1.54) is 29.1 Å². The summed E-state index contributed by atoms with van der Waals surface area (Å²) in [5.41, 5.74) is 2.94. The molecule has 0 spiro atoms. The monoisotopic (exact) mass is 410 g/mol. The van der Waals surface area contributed by atoms with Gasteiger partial charge in [0.05, 0.1) is 10.5 Å². The minimum absolute atomic E-state index is 0.0144. The van der Waals surface area contributed by atoms with Crippen molar-refractivity contribution in [3.8, 4) is 0 Å². The molecule has 0 unspecified atom stereocenters. The number of nitrogens with one attached hydrogen (secondary N) is 1. The first-order valence-electron chi connectivity index (χ1n) is 10.1. The van der Waals surface area contributed by atoms with Crippen molar-refractivity contribution in [1.29, 1.82) is 0 Å². The quantitative estimate of drug-likeness (QED) is 0.528. The molecule has 1 aliphatic carbocycles. The third-order valence-electron chi connectivity index (χ3n) is 6.20. The molecular weight excluding hydrogens is 387 g/mol. The minimum atomic E-state index is -0.486. The van der Waals surface area contributed by atoms with Crippen molar-refractivity contribution in [2.45, 2.75) is 38.5 Å². The molecule has 0 aliphatic heterocycles. The number of halogens is 2. The number of amides is 1. The molecule has 2 aromatic carbocycles. The number of carbonyl (C=O) groups is 1. The van der Waals surface area contributed by atoms with Crippen molar-refractivity contribution in [1.82, 2.24) is 4.98 Å². The normalized spacial score (nSPS) is 20.4. The van der Waals surface area contributed by atoms with Gasteiger partial charge in [0.25, 0.3) is 0 Å². The molecule has 150 valence electrons. The van der Waals surface area contributed by atoms with Crippen LogP contribution in [0, 0.1) is 17.7 Å². The number of benzene rings is 2. The smallest absolute Gasteiger partial charge is 0.227 e. The predicted molar refractivity (Wildman–Crippen MR) is 116 cm³/mol. The van der Waals surface area contributed by atoms with Crippen LogP contribution in [0.15, 0.2) is 54.7 Å². The van der Waals surface area contributed by atoms with Crippen LogP contribution in [0.2, 0.25) is 5.02 Å². The van der Waals surface area contributed by atoms with Gasteiger partial charge >= 0.3 is 0 Å². The fourth-order valence-electron chi connectivity index (χ4n) is 4.45. The summed E-state index contributed by atoms with van der Waals surface area (Å²) in [6.07, 6.45) is 6.06. The number of nitrogens with zero attached hydrogens (tertiary/aromatic N) is 1. The summed E-state index contributed by atoms with van der Waals surface area (Å²) in [7, 11) is 0. The molecular formula is C24H24ClFN2O. The Balaban J connectivity index is 1.39. The third-order valence-corrected chi connectivity index (χ3v) is 6.49. The Morgan fingerprint density at radius 1 is 1.14 bits per heavy atom. The number of para-hydroxylation sites is 1. The topological polar surface area (TPSA) is 42.0 Å². The molecule has 3 aromatic rings. The Bertz CT molecular complexity index is 1030. The maximum atomic E-state index is 13.3. The Morgan fingerprint density at radius 2 is 1.90 bits per heavy atom. The number of pyridine rings is 1. The van der Waals surface area contributed by atoms with E-state index in [0.29, 0.717) is 17.5 Å². The molecule has 5 heteroatoms. The molecule has 3 nitrogen and oxygen atoms in total.